The van der Waals surface area contributed by atoms with Gasteiger partial charge < -0.3 is 4.90 Å². The molecule has 0 radical (unpaired) electrons. The van der Waals surface area contributed by atoms with Crippen molar-refractivity contribution in [3.05, 3.63) is 66.1 Å². The molecule has 1 aliphatic rings. The third kappa shape index (κ3) is 3.72. The van der Waals surface area contributed by atoms with Gasteiger partial charge in [0.25, 0.3) is 5.91 Å². The number of likely N-dealkylation sites (tertiary alicyclic amines) is 1. The van der Waals surface area contributed by atoms with Crippen LogP contribution in [0.25, 0.3) is 10.9 Å². The Morgan fingerprint density at radius 3 is 2.88 bits per heavy atom. The van der Waals surface area contributed by atoms with Crippen LogP contribution in [0.4, 0.5) is 0 Å². The van der Waals surface area contributed by atoms with E-state index in [0.29, 0.717) is 11.5 Å². The molecule has 0 N–H and O–H groups in total. The highest BCUT2D eigenvalue weighted by molar-refractivity contribution is 5.93. The van der Waals surface area contributed by atoms with E-state index in [1.807, 2.05) is 23.2 Å². The van der Waals surface area contributed by atoms with Crippen LogP contribution in [-0.2, 0) is 6.42 Å². The zero-order valence-electron chi connectivity index (χ0n) is 14.7. The van der Waals surface area contributed by atoms with Crippen LogP contribution in [0, 0.1) is 5.92 Å². The highest BCUT2D eigenvalue weighted by atomic mass is 16.2. The number of carbonyl (C=O) groups excluding carboxylic acids is 1. The molecule has 5 nitrogen and oxygen atoms in total. The first kappa shape index (κ1) is 16.6. The fourth-order valence-corrected chi connectivity index (χ4v) is 3.73. The molecule has 1 unspecified atom stereocenters. The minimum absolute atomic E-state index is 0.0629. The van der Waals surface area contributed by atoms with Crippen LogP contribution >= 0.6 is 0 Å². The van der Waals surface area contributed by atoms with Gasteiger partial charge in [0.15, 0.2) is 0 Å². The average Bonchev–Trinajstić information content (AvgIpc) is 2.93. The molecule has 1 aliphatic heterocycles. The molecular formula is C21H22N4O. The zero-order valence-corrected chi connectivity index (χ0v) is 14.7. The topological polar surface area (TPSA) is 59.0 Å². The molecule has 1 atom stereocenters. The molecule has 4 rings (SSSR count). The fourth-order valence-electron chi connectivity index (χ4n) is 3.73. The lowest BCUT2D eigenvalue weighted by atomic mass is 9.93. The first-order valence-electron chi connectivity index (χ1n) is 9.19. The van der Waals surface area contributed by atoms with Crippen LogP contribution in [0.3, 0.4) is 0 Å². The largest absolute Gasteiger partial charge is 0.339 e. The molecule has 0 bridgehead atoms. The standard InChI is InChI=1S/C21H22N4O/c26-21(19-7-9-23-24-15-19)25-10-3-4-16(8-11-25)12-17-13-18-5-1-2-6-20(18)22-14-17/h1-2,5-7,9,13-16H,3-4,8,10-12H2. The van der Waals surface area contributed by atoms with Crippen molar-refractivity contribution in [2.45, 2.75) is 25.7 Å². The molecule has 26 heavy (non-hydrogen) atoms. The SMILES string of the molecule is O=C(c1ccnnc1)N1CCCC(Cc2cnc3ccccc3c2)CC1. The van der Waals surface area contributed by atoms with E-state index >= 15 is 0 Å². The van der Waals surface area contributed by atoms with E-state index in [2.05, 4.69) is 33.4 Å². The van der Waals surface area contributed by atoms with Gasteiger partial charge in [-0.25, -0.2) is 0 Å². The van der Waals surface area contributed by atoms with Gasteiger partial charge in [-0.1, -0.05) is 18.2 Å². The number of pyridine rings is 1. The van der Waals surface area contributed by atoms with E-state index in [9.17, 15) is 4.79 Å². The van der Waals surface area contributed by atoms with E-state index in [0.717, 1.165) is 44.3 Å². The number of fused-ring (bicyclic) bond motifs is 1. The van der Waals surface area contributed by atoms with E-state index in [1.165, 1.54) is 10.9 Å². The van der Waals surface area contributed by atoms with Gasteiger partial charge in [0.2, 0.25) is 0 Å². The lowest BCUT2D eigenvalue weighted by molar-refractivity contribution is 0.0759. The molecule has 3 heterocycles. The molecule has 0 spiro atoms. The van der Waals surface area contributed by atoms with Crippen molar-refractivity contribution in [2.24, 2.45) is 5.92 Å². The summed E-state index contributed by atoms with van der Waals surface area (Å²) in [4.78, 5) is 19.1. The molecule has 132 valence electrons. The number of nitrogens with zero attached hydrogens (tertiary/aromatic N) is 4. The number of aromatic nitrogens is 3. The van der Waals surface area contributed by atoms with Gasteiger partial charge in [0.1, 0.15) is 0 Å². The van der Waals surface area contributed by atoms with Crippen LogP contribution in [0.15, 0.2) is 55.0 Å². The van der Waals surface area contributed by atoms with Crippen LogP contribution in [0.5, 0.6) is 0 Å². The maximum Gasteiger partial charge on any atom is 0.255 e. The maximum absolute atomic E-state index is 12.6. The summed E-state index contributed by atoms with van der Waals surface area (Å²) in [5.41, 5.74) is 2.95. The van der Waals surface area contributed by atoms with Gasteiger partial charge in [0.05, 0.1) is 23.5 Å². The van der Waals surface area contributed by atoms with Crippen LogP contribution in [0.2, 0.25) is 0 Å². The highest BCUT2D eigenvalue weighted by Gasteiger charge is 2.22. The summed E-state index contributed by atoms with van der Waals surface area (Å²) in [5.74, 6) is 0.652. The summed E-state index contributed by atoms with van der Waals surface area (Å²) in [6.07, 6.45) is 9.35. The first-order valence-corrected chi connectivity index (χ1v) is 9.19. The molecular weight excluding hydrogens is 324 g/mol. The van der Waals surface area contributed by atoms with Crippen molar-refractivity contribution >= 4 is 16.8 Å². The van der Waals surface area contributed by atoms with Gasteiger partial charge in [-0.2, -0.15) is 10.2 Å². The van der Waals surface area contributed by atoms with E-state index in [4.69, 9.17) is 0 Å². The molecule has 1 aromatic carbocycles. The van der Waals surface area contributed by atoms with Gasteiger partial charge in [0, 0.05) is 24.7 Å². The Kier molecular flexibility index (Phi) is 4.86. The lowest BCUT2D eigenvalue weighted by Crippen LogP contribution is -2.32. The minimum Gasteiger partial charge on any atom is -0.339 e. The highest BCUT2D eigenvalue weighted by Crippen LogP contribution is 2.24. The van der Waals surface area contributed by atoms with Crippen molar-refractivity contribution < 1.29 is 4.79 Å². The Balaban J connectivity index is 1.41. The lowest BCUT2D eigenvalue weighted by Gasteiger charge is -2.20. The molecule has 1 fully saturated rings. The van der Waals surface area contributed by atoms with E-state index in [1.54, 1.807) is 18.5 Å². The second kappa shape index (κ2) is 7.60. The summed E-state index contributed by atoms with van der Waals surface area (Å²) in [7, 11) is 0. The second-order valence-electron chi connectivity index (χ2n) is 6.96. The molecule has 0 aliphatic carbocycles. The van der Waals surface area contributed by atoms with Crippen molar-refractivity contribution in [3.8, 4) is 0 Å². The molecule has 5 heteroatoms. The van der Waals surface area contributed by atoms with E-state index < -0.39 is 0 Å². The fraction of sp³-hybridized carbons (Fsp3) is 0.333. The monoisotopic (exact) mass is 346 g/mol. The van der Waals surface area contributed by atoms with Crippen LogP contribution < -0.4 is 0 Å². The molecule has 1 saturated heterocycles. The van der Waals surface area contributed by atoms with E-state index in [-0.39, 0.29) is 5.91 Å². The first-order chi connectivity index (χ1) is 12.8. The predicted octanol–water partition coefficient (Wildman–Crippen LogP) is 3.51. The van der Waals surface area contributed by atoms with Crippen molar-refractivity contribution in [1.82, 2.24) is 20.1 Å². The Morgan fingerprint density at radius 1 is 1.08 bits per heavy atom. The number of amides is 1. The number of hydrogen-bond donors (Lipinski definition) is 0. The molecule has 3 aromatic rings. The molecule has 0 saturated carbocycles. The number of hydrogen-bond acceptors (Lipinski definition) is 4. The van der Waals surface area contributed by atoms with Crippen molar-refractivity contribution in [3.63, 3.8) is 0 Å². The minimum atomic E-state index is 0.0629. The van der Waals surface area contributed by atoms with Gasteiger partial charge in [-0.05, 0) is 55.4 Å². The Hall–Kier alpha value is -2.82. The number of para-hydroxylation sites is 1. The number of benzene rings is 1. The summed E-state index contributed by atoms with van der Waals surface area (Å²) in [6.45, 7) is 1.61. The summed E-state index contributed by atoms with van der Waals surface area (Å²) >= 11 is 0. The van der Waals surface area contributed by atoms with Gasteiger partial charge in [-0.3, -0.25) is 9.78 Å². The van der Waals surface area contributed by atoms with Gasteiger partial charge in [-0.15, -0.1) is 0 Å². The quantitative estimate of drug-likeness (QED) is 0.728. The summed E-state index contributed by atoms with van der Waals surface area (Å²) in [6, 6.07) is 12.2. The summed E-state index contributed by atoms with van der Waals surface area (Å²) < 4.78 is 0. The van der Waals surface area contributed by atoms with Gasteiger partial charge >= 0.3 is 0 Å². The third-order valence-corrected chi connectivity index (χ3v) is 5.14. The van der Waals surface area contributed by atoms with Crippen LogP contribution in [-0.4, -0.2) is 39.1 Å². The maximum atomic E-state index is 12.6. The number of rotatable bonds is 3. The average molecular weight is 346 g/mol. The Morgan fingerprint density at radius 2 is 2.00 bits per heavy atom. The molecule has 2 aromatic heterocycles. The zero-order chi connectivity index (χ0) is 17.8. The Labute approximate surface area is 153 Å². The smallest absolute Gasteiger partial charge is 0.255 e. The predicted molar refractivity (Wildman–Crippen MR) is 101 cm³/mol. The third-order valence-electron chi connectivity index (χ3n) is 5.14. The van der Waals surface area contributed by atoms with Crippen molar-refractivity contribution in [2.75, 3.05) is 13.1 Å². The normalized spacial score (nSPS) is 17.8. The van der Waals surface area contributed by atoms with Crippen molar-refractivity contribution in [1.29, 1.82) is 0 Å². The summed E-state index contributed by atoms with van der Waals surface area (Å²) in [5, 5.41) is 8.76. The molecule has 1 amide bonds. The second-order valence-corrected chi connectivity index (χ2v) is 6.96. The van der Waals surface area contributed by atoms with Crippen LogP contribution in [0.1, 0.15) is 35.2 Å². The number of carbonyl (C=O) groups is 1. The Bertz CT molecular complexity index is 897.